The summed E-state index contributed by atoms with van der Waals surface area (Å²) in [6.45, 7) is 4.25. The molecule has 18 heavy (non-hydrogen) atoms. The SMILES string of the molecule is CNC(c1ccccc1Cl)c1snnc1C(C)C. The lowest BCUT2D eigenvalue weighted by Gasteiger charge is -2.18. The van der Waals surface area contributed by atoms with Gasteiger partial charge in [-0.25, -0.2) is 0 Å². The van der Waals surface area contributed by atoms with E-state index >= 15 is 0 Å². The van der Waals surface area contributed by atoms with Gasteiger partial charge in [0.25, 0.3) is 0 Å². The summed E-state index contributed by atoms with van der Waals surface area (Å²) in [5, 5.41) is 8.29. The molecule has 2 rings (SSSR count). The van der Waals surface area contributed by atoms with Crippen LogP contribution in [0.5, 0.6) is 0 Å². The van der Waals surface area contributed by atoms with Crippen molar-refractivity contribution in [3.63, 3.8) is 0 Å². The van der Waals surface area contributed by atoms with Gasteiger partial charge in [-0.15, -0.1) is 5.10 Å². The van der Waals surface area contributed by atoms with Gasteiger partial charge in [0, 0.05) is 5.02 Å². The normalized spacial score (nSPS) is 12.9. The third-order valence-corrected chi connectivity index (χ3v) is 4.00. The van der Waals surface area contributed by atoms with Gasteiger partial charge in [0.15, 0.2) is 0 Å². The Morgan fingerprint density at radius 2 is 2.00 bits per heavy atom. The second-order valence-electron chi connectivity index (χ2n) is 4.42. The molecule has 0 aliphatic rings. The monoisotopic (exact) mass is 281 g/mol. The fourth-order valence-electron chi connectivity index (χ4n) is 1.94. The molecule has 0 fully saturated rings. The number of halogens is 1. The Labute approximate surface area is 116 Å². The highest BCUT2D eigenvalue weighted by molar-refractivity contribution is 7.05. The number of nitrogens with one attached hydrogen (secondary N) is 1. The molecule has 0 bridgehead atoms. The molecular formula is C13H16ClN3S. The molecule has 2 aromatic rings. The van der Waals surface area contributed by atoms with E-state index in [0.717, 1.165) is 21.2 Å². The molecule has 1 atom stereocenters. The van der Waals surface area contributed by atoms with E-state index in [0.29, 0.717) is 5.92 Å². The zero-order valence-corrected chi connectivity index (χ0v) is 12.2. The summed E-state index contributed by atoms with van der Waals surface area (Å²) < 4.78 is 4.08. The van der Waals surface area contributed by atoms with Crippen LogP contribution in [0.3, 0.4) is 0 Å². The fraction of sp³-hybridized carbons (Fsp3) is 0.385. The van der Waals surface area contributed by atoms with E-state index < -0.39 is 0 Å². The highest BCUT2D eigenvalue weighted by Gasteiger charge is 2.22. The van der Waals surface area contributed by atoms with Gasteiger partial charge in [-0.05, 0) is 36.1 Å². The van der Waals surface area contributed by atoms with Crippen molar-refractivity contribution in [3.05, 3.63) is 45.4 Å². The van der Waals surface area contributed by atoms with Crippen LogP contribution in [0.4, 0.5) is 0 Å². The summed E-state index contributed by atoms with van der Waals surface area (Å²) in [7, 11) is 1.93. The van der Waals surface area contributed by atoms with Crippen LogP contribution in [0, 0.1) is 0 Å². The minimum Gasteiger partial charge on any atom is -0.309 e. The van der Waals surface area contributed by atoms with Gasteiger partial charge in [0.1, 0.15) is 0 Å². The first-order valence-electron chi connectivity index (χ1n) is 5.89. The predicted octanol–water partition coefficient (Wildman–Crippen LogP) is 3.62. The first-order valence-corrected chi connectivity index (χ1v) is 7.04. The number of benzene rings is 1. The van der Waals surface area contributed by atoms with Crippen LogP contribution in [0.2, 0.25) is 5.02 Å². The summed E-state index contributed by atoms with van der Waals surface area (Å²) in [5.41, 5.74) is 2.11. The van der Waals surface area contributed by atoms with Crippen molar-refractivity contribution in [2.24, 2.45) is 0 Å². The molecule has 1 aromatic heterocycles. The van der Waals surface area contributed by atoms with Gasteiger partial charge < -0.3 is 5.32 Å². The average molecular weight is 282 g/mol. The third-order valence-electron chi connectivity index (χ3n) is 2.85. The maximum absolute atomic E-state index is 6.27. The van der Waals surface area contributed by atoms with Crippen LogP contribution >= 0.6 is 23.1 Å². The van der Waals surface area contributed by atoms with Gasteiger partial charge >= 0.3 is 0 Å². The molecule has 5 heteroatoms. The van der Waals surface area contributed by atoms with E-state index in [2.05, 4.69) is 28.8 Å². The highest BCUT2D eigenvalue weighted by Crippen LogP contribution is 2.33. The molecule has 1 N–H and O–H groups in total. The van der Waals surface area contributed by atoms with Crippen LogP contribution in [-0.4, -0.2) is 16.6 Å². The van der Waals surface area contributed by atoms with Crippen molar-refractivity contribution in [1.29, 1.82) is 0 Å². The predicted molar refractivity (Wildman–Crippen MR) is 76.4 cm³/mol. The first kappa shape index (κ1) is 13.5. The molecule has 0 saturated heterocycles. The molecule has 1 unspecified atom stereocenters. The number of hydrogen-bond acceptors (Lipinski definition) is 4. The zero-order valence-electron chi connectivity index (χ0n) is 10.6. The average Bonchev–Trinajstić information content (AvgIpc) is 2.82. The van der Waals surface area contributed by atoms with Gasteiger partial charge in [0.05, 0.1) is 16.6 Å². The number of rotatable bonds is 4. The van der Waals surface area contributed by atoms with Crippen LogP contribution < -0.4 is 5.32 Å². The third kappa shape index (κ3) is 2.55. The molecule has 0 amide bonds. The number of aromatic nitrogens is 2. The largest absolute Gasteiger partial charge is 0.309 e. The van der Waals surface area contributed by atoms with E-state index in [-0.39, 0.29) is 6.04 Å². The Kier molecular flexibility index (Phi) is 4.32. The smallest absolute Gasteiger partial charge is 0.0832 e. The molecule has 0 aliphatic heterocycles. The molecule has 1 aromatic carbocycles. The molecule has 1 heterocycles. The molecule has 3 nitrogen and oxygen atoms in total. The van der Waals surface area contributed by atoms with E-state index in [1.807, 2.05) is 31.3 Å². The fourth-order valence-corrected chi connectivity index (χ4v) is 3.12. The van der Waals surface area contributed by atoms with Crippen LogP contribution in [0.1, 0.15) is 41.9 Å². The Hall–Kier alpha value is -0.970. The summed E-state index contributed by atoms with van der Waals surface area (Å²) in [5.74, 6) is 0.358. The molecule has 96 valence electrons. The van der Waals surface area contributed by atoms with Crippen molar-refractivity contribution in [2.45, 2.75) is 25.8 Å². The maximum Gasteiger partial charge on any atom is 0.0832 e. The number of hydrogen-bond donors (Lipinski definition) is 1. The molecule has 0 aliphatic carbocycles. The van der Waals surface area contributed by atoms with Crippen LogP contribution in [0.15, 0.2) is 24.3 Å². The molecule has 0 saturated carbocycles. The topological polar surface area (TPSA) is 37.8 Å². The van der Waals surface area contributed by atoms with Gasteiger partial charge in [-0.2, -0.15) is 0 Å². The number of nitrogens with zero attached hydrogens (tertiary/aromatic N) is 2. The summed E-state index contributed by atoms with van der Waals surface area (Å²) in [4.78, 5) is 1.14. The minimum absolute atomic E-state index is 0.0519. The standard InChI is InChI=1S/C13H16ClN3S/c1-8(2)11-13(18-17-16-11)12(15-3)9-6-4-5-7-10(9)14/h4-8,12,15H,1-3H3. The molecular weight excluding hydrogens is 266 g/mol. The lowest BCUT2D eigenvalue weighted by Crippen LogP contribution is -2.18. The quantitative estimate of drug-likeness (QED) is 0.930. The zero-order chi connectivity index (χ0) is 13.1. The van der Waals surface area contributed by atoms with Crippen molar-refractivity contribution in [1.82, 2.24) is 14.9 Å². The Bertz CT molecular complexity index is 524. The second kappa shape index (κ2) is 5.78. The lowest BCUT2D eigenvalue weighted by molar-refractivity contribution is 0.679. The Balaban J connectivity index is 2.46. The van der Waals surface area contributed by atoms with E-state index in [1.165, 1.54) is 11.5 Å². The lowest BCUT2D eigenvalue weighted by atomic mass is 10.0. The Morgan fingerprint density at radius 3 is 2.61 bits per heavy atom. The van der Waals surface area contributed by atoms with Crippen molar-refractivity contribution >= 4 is 23.1 Å². The van der Waals surface area contributed by atoms with Crippen molar-refractivity contribution < 1.29 is 0 Å². The van der Waals surface area contributed by atoms with Gasteiger partial charge in [-0.3, -0.25) is 0 Å². The summed E-state index contributed by atoms with van der Waals surface area (Å²) in [6.07, 6.45) is 0. The van der Waals surface area contributed by atoms with Crippen LogP contribution in [-0.2, 0) is 0 Å². The van der Waals surface area contributed by atoms with Gasteiger partial charge in [0.2, 0.25) is 0 Å². The second-order valence-corrected chi connectivity index (χ2v) is 5.61. The Morgan fingerprint density at radius 1 is 1.28 bits per heavy atom. The van der Waals surface area contributed by atoms with Crippen molar-refractivity contribution in [2.75, 3.05) is 7.05 Å². The van der Waals surface area contributed by atoms with Crippen molar-refractivity contribution in [3.8, 4) is 0 Å². The van der Waals surface area contributed by atoms with Gasteiger partial charge in [-0.1, -0.05) is 48.1 Å². The maximum atomic E-state index is 6.27. The summed E-state index contributed by atoms with van der Waals surface area (Å²) in [6, 6.07) is 7.93. The first-order chi connectivity index (χ1) is 8.65. The van der Waals surface area contributed by atoms with E-state index in [4.69, 9.17) is 11.6 Å². The minimum atomic E-state index is 0.0519. The summed E-state index contributed by atoms with van der Waals surface area (Å²) >= 11 is 7.70. The molecule has 0 spiro atoms. The van der Waals surface area contributed by atoms with Crippen LogP contribution in [0.25, 0.3) is 0 Å². The van der Waals surface area contributed by atoms with E-state index in [1.54, 1.807) is 0 Å². The molecule has 0 radical (unpaired) electrons. The van der Waals surface area contributed by atoms with E-state index in [9.17, 15) is 0 Å². The highest BCUT2D eigenvalue weighted by atomic mass is 35.5.